The van der Waals surface area contributed by atoms with E-state index in [4.69, 9.17) is 0 Å². The maximum Gasteiger partial charge on any atom is 0.313 e. The molecule has 0 aliphatic heterocycles. The van der Waals surface area contributed by atoms with Crippen LogP contribution in [0.5, 0.6) is 0 Å². The van der Waals surface area contributed by atoms with Gasteiger partial charge in [0, 0.05) is 7.05 Å². The molecule has 1 aromatic heterocycles. The van der Waals surface area contributed by atoms with Crippen LogP contribution in [0, 0.1) is 5.82 Å². The smallest absolute Gasteiger partial charge is 0.313 e. The van der Waals surface area contributed by atoms with E-state index < -0.39 is 0 Å². The number of hydrogen-bond acceptors (Lipinski definition) is 3. The van der Waals surface area contributed by atoms with Crippen molar-refractivity contribution in [3.8, 4) is 0 Å². The zero-order chi connectivity index (χ0) is 11.7. The molecule has 0 aliphatic carbocycles. The van der Waals surface area contributed by atoms with E-state index in [2.05, 4.69) is 9.72 Å². The van der Waals surface area contributed by atoms with E-state index in [0.717, 1.165) is 0 Å². The third-order valence-electron chi connectivity index (χ3n) is 2.47. The van der Waals surface area contributed by atoms with Crippen LogP contribution in [-0.2, 0) is 23.0 Å². The van der Waals surface area contributed by atoms with Gasteiger partial charge in [0.05, 0.1) is 18.1 Å². The van der Waals surface area contributed by atoms with Gasteiger partial charge < -0.3 is 9.30 Å². The molecule has 0 fully saturated rings. The van der Waals surface area contributed by atoms with Crippen molar-refractivity contribution < 1.29 is 13.9 Å². The number of hydrogen-bond donors (Lipinski definition) is 0. The molecule has 1 heterocycles. The molecule has 0 unspecified atom stereocenters. The average Bonchev–Trinajstić information content (AvgIpc) is 2.56. The molecule has 0 saturated carbocycles. The Kier molecular flexibility index (Phi) is 2.60. The molecular formula is C11H11FN2O2. The van der Waals surface area contributed by atoms with Gasteiger partial charge in [0.1, 0.15) is 18.1 Å². The fraction of sp³-hybridized carbons (Fsp3) is 0.273. The first-order chi connectivity index (χ1) is 7.61. The summed E-state index contributed by atoms with van der Waals surface area (Å²) in [6.45, 7) is 0. The fourth-order valence-electron chi connectivity index (χ4n) is 1.57. The van der Waals surface area contributed by atoms with Gasteiger partial charge in [-0.2, -0.15) is 0 Å². The maximum absolute atomic E-state index is 13.0. The molecular weight excluding hydrogens is 211 g/mol. The Morgan fingerprint density at radius 2 is 2.31 bits per heavy atom. The molecule has 0 N–H and O–H groups in total. The van der Waals surface area contributed by atoms with Gasteiger partial charge in [0.25, 0.3) is 0 Å². The van der Waals surface area contributed by atoms with Crippen LogP contribution in [0.15, 0.2) is 18.2 Å². The van der Waals surface area contributed by atoms with Crippen molar-refractivity contribution in [3.63, 3.8) is 0 Å². The van der Waals surface area contributed by atoms with Gasteiger partial charge in [0.2, 0.25) is 0 Å². The van der Waals surface area contributed by atoms with Crippen molar-refractivity contribution in [2.45, 2.75) is 6.42 Å². The lowest BCUT2D eigenvalue weighted by Crippen LogP contribution is -2.09. The monoisotopic (exact) mass is 222 g/mol. The number of benzene rings is 1. The van der Waals surface area contributed by atoms with Crippen LogP contribution in [0.2, 0.25) is 0 Å². The third-order valence-corrected chi connectivity index (χ3v) is 2.47. The van der Waals surface area contributed by atoms with Crippen LogP contribution in [-0.4, -0.2) is 22.6 Å². The van der Waals surface area contributed by atoms with Gasteiger partial charge in [0.15, 0.2) is 0 Å². The molecule has 0 amide bonds. The Labute approximate surface area is 91.7 Å². The highest BCUT2D eigenvalue weighted by Gasteiger charge is 2.12. The van der Waals surface area contributed by atoms with E-state index in [0.29, 0.717) is 16.9 Å². The molecule has 0 spiro atoms. The number of aromatic nitrogens is 2. The van der Waals surface area contributed by atoms with Crippen molar-refractivity contribution >= 4 is 17.0 Å². The number of rotatable bonds is 2. The minimum atomic E-state index is -0.362. The molecule has 4 nitrogen and oxygen atoms in total. The number of imidazole rings is 1. The Morgan fingerprint density at radius 1 is 1.56 bits per heavy atom. The summed E-state index contributed by atoms with van der Waals surface area (Å²) in [5.41, 5.74) is 1.33. The van der Waals surface area contributed by atoms with Crippen molar-refractivity contribution in [2.75, 3.05) is 7.11 Å². The number of aryl methyl sites for hydroxylation is 1. The number of halogens is 1. The van der Waals surface area contributed by atoms with Crippen LogP contribution >= 0.6 is 0 Å². The second-order valence-corrected chi connectivity index (χ2v) is 3.47. The number of fused-ring (bicyclic) bond motifs is 1. The Morgan fingerprint density at radius 3 is 3.00 bits per heavy atom. The Balaban J connectivity index is 2.48. The molecule has 2 rings (SSSR count). The van der Waals surface area contributed by atoms with Crippen molar-refractivity contribution in [1.82, 2.24) is 9.55 Å². The van der Waals surface area contributed by atoms with Crippen molar-refractivity contribution in [2.24, 2.45) is 7.05 Å². The molecule has 1 aromatic carbocycles. The highest BCUT2D eigenvalue weighted by atomic mass is 19.1. The number of carbonyl (C=O) groups excluding carboxylic acids is 1. The molecule has 84 valence electrons. The number of esters is 1. The second kappa shape index (κ2) is 3.92. The van der Waals surface area contributed by atoms with Crippen LogP contribution in [0.4, 0.5) is 4.39 Å². The number of ether oxygens (including phenoxy) is 1. The summed E-state index contributed by atoms with van der Waals surface area (Å²) in [5.74, 6) is -0.119. The lowest BCUT2D eigenvalue weighted by molar-refractivity contribution is -0.139. The van der Waals surface area contributed by atoms with E-state index in [1.54, 1.807) is 17.7 Å². The maximum atomic E-state index is 13.0. The molecule has 0 aliphatic rings. The first kappa shape index (κ1) is 10.6. The first-order valence-electron chi connectivity index (χ1n) is 4.79. The third kappa shape index (κ3) is 1.76. The lowest BCUT2D eigenvalue weighted by atomic mass is 10.3. The summed E-state index contributed by atoms with van der Waals surface area (Å²) >= 11 is 0. The summed E-state index contributed by atoms with van der Waals surface area (Å²) in [4.78, 5) is 15.4. The summed E-state index contributed by atoms with van der Waals surface area (Å²) < 4.78 is 19.3. The molecule has 0 saturated heterocycles. The summed E-state index contributed by atoms with van der Waals surface area (Å²) in [6, 6.07) is 4.33. The zero-order valence-electron chi connectivity index (χ0n) is 9.03. The SMILES string of the molecule is COC(=O)Cc1nc2ccc(F)cc2n1C. The van der Waals surface area contributed by atoms with E-state index in [-0.39, 0.29) is 18.2 Å². The lowest BCUT2D eigenvalue weighted by Gasteiger charge is -2.00. The molecule has 16 heavy (non-hydrogen) atoms. The van der Waals surface area contributed by atoms with Gasteiger partial charge in [-0.25, -0.2) is 9.37 Å². The Bertz CT molecular complexity index is 548. The predicted molar refractivity (Wildman–Crippen MR) is 56.4 cm³/mol. The average molecular weight is 222 g/mol. The number of methoxy groups -OCH3 is 1. The standard InChI is InChI=1S/C11H11FN2O2/c1-14-9-5-7(12)3-4-8(9)13-10(14)6-11(15)16-2/h3-5H,6H2,1-2H3. The van der Waals surface area contributed by atoms with Crippen LogP contribution < -0.4 is 0 Å². The van der Waals surface area contributed by atoms with Crippen LogP contribution in [0.25, 0.3) is 11.0 Å². The van der Waals surface area contributed by atoms with Crippen molar-refractivity contribution in [1.29, 1.82) is 0 Å². The molecule has 5 heteroatoms. The molecule has 0 radical (unpaired) electrons. The fourth-order valence-corrected chi connectivity index (χ4v) is 1.57. The van der Waals surface area contributed by atoms with Crippen LogP contribution in [0.1, 0.15) is 5.82 Å². The normalized spacial score (nSPS) is 10.7. The van der Waals surface area contributed by atoms with Gasteiger partial charge in [-0.15, -0.1) is 0 Å². The molecule has 0 atom stereocenters. The van der Waals surface area contributed by atoms with Gasteiger partial charge >= 0.3 is 5.97 Å². The van der Waals surface area contributed by atoms with E-state index in [1.807, 2.05) is 0 Å². The first-order valence-corrected chi connectivity index (χ1v) is 4.79. The van der Waals surface area contributed by atoms with E-state index in [9.17, 15) is 9.18 Å². The van der Waals surface area contributed by atoms with Gasteiger partial charge in [-0.1, -0.05) is 0 Å². The van der Waals surface area contributed by atoms with Crippen molar-refractivity contribution in [3.05, 3.63) is 29.8 Å². The minimum absolute atomic E-state index is 0.0866. The topological polar surface area (TPSA) is 44.1 Å². The molecule has 0 bridgehead atoms. The predicted octanol–water partition coefficient (Wildman–Crippen LogP) is 1.43. The minimum Gasteiger partial charge on any atom is -0.469 e. The largest absolute Gasteiger partial charge is 0.469 e. The zero-order valence-corrected chi connectivity index (χ0v) is 9.03. The highest BCUT2D eigenvalue weighted by molar-refractivity contribution is 5.78. The van der Waals surface area contributed by atoms with Gasteiger partial charge in [-0.05, 0) is 18.2 Å². The summed E-state index contributed by atoms with van der Waals surface area (Å²) in [6.07, 6.45) is 0.0866. The summed E-state index contributed by atoms with van der Waals surface area (Å²) in [5, 5.41) is 0. The Hall–Kier alpha value is -1.91. The second-order valence-electron chi connectivity index (χ2n) is 3.47. The highest BCUT2D eigenvalue weighted by Crippen LogP contribution is 2.16. The van der Waals surface area contributed by atoms with E-state index >= 15 is 0 Å². The van der Waals surface area contributed by atoms with E-state index in [1.165, 1.54) is 19.2 Å². The van der Waals surface area contributed by atoms with Crippen LogP contribution in [0.3, 0.4) is 0 Å². The number of nitrogens with zero attached hydrogens (tertiary/aromatic N) is 2. The van der Waals surface area contributed by atoms with Gasteiger partial charge in [-0.3, -0.25) is 4.79 Å². The number of carbonyl (C=O) groups is 1. The quantitative estimate of drug-likeness (QED) is 0.722. The molecule has 2 aromatic rings. The summed E-state index contributed by atoms with van der Waals surface area (Å²) in [7, 11) is 3.07.